The highest BCUT2D eigenvalue weighted by atomic mass is 16.1. The fourth-order valence-corrected chi connectivity index (χ4v) is 2.93. The van der Waals surface area contributed by atoms with Crippen molar-refractivity contribution in [2.75, 3.05) is 5.32 Å². The number of allylic oxidation sites excluding steroid dienone is 1. The molecular formula is C16H19NO. The molecule has 1 saturated carbocycles. The van der Waals surface area contributed by atoms with Gasteiger partial charge in [-0.1, -0.05) is 37.5 Å². The van der Waals surface area contributed by atoms with Crippen LogP contribution in [-0.2, 0) is 11.2 Å². The number of amides is 1. The molecule has 1 amide bonds. The second kappa shape index (κ2) is 4.97. The number of fused-ring (bicyclic) bond motifs is 1. The van der Waals surface area contributed by atoms with Crippen molar-refractivity contribution in [3.05, 3.63) is 35.4 Å². The topological polar surface area (TPSA) is 29.1 Å². The summed E-state index contributed by atoms with van der Waals surface area (Å²) in [5.41, 5.74) is 3.33. The Bertz CT molecular complexity index is 484. The second-order valence-electron chi connectivity index (χ2n) is 5.40. The zero-order chi connectivity index (χ0) is 12.4. The largest absolute Gasteiger partial charge is 0.326 e. The molecular weight excluding hydrogens is 222 g/mol. The highest BCUT2D eigenvalue weighted by Gasteiger charge is 2.17. The van der Waals surface area contributed by atoms with Gasteiger partial charge in [-0.3, -0.25) is 4.79 Å². The third kappa shape index (κ3) is 2.47. The Morgan fingerprint density at radius 2 is 2.00 bits per heavy atom. The van der Waals surface area contributed by atoms with Crippen LogP contribution in [0.1, 0.15) is 43.2 Å². The third-order valence-electron chi connectivity index (χ3n) is 3.97. The van der Waals surface area contributed by atoms with Crippen LogP contribution in [-0.4, -0.2) is 5.91 Å². The van der Waals surface area contributed by atoms with E-state index >= 15 is 0 Å². The van der Waals surface area contributed by atoms with Gasteiger partial charge in [-0.2, -0.15) is 0 Å². The molecule has 1 aliphatic heterocycles. The van der Waals surface area contributed by atoms with Crippen molar-refractivity contribution in [3.8, 4) is 0 Å². The smallest absolute Gasteiger partial charge is 0.228 e. The molecule has 0 bridgehead atoms. The van der Waals surface area contributed by atoms with E-state index in [9.17, 15) is 4.79 Å². The number of carbonyl (C=O) groups excluding carboxylic acids is 1. The van der Waals surface area contributed by atoms with Gasteiger partial charge in [-0.05, 0) is 42.0 Å². The maximum atomic E-state index is 11.3. The van der Waals surface area contributed by atoms with Crippen molar-refractivity contribution in [2.45, 2.75) is 38.5 Å². The highest BCUT2D eigenvalue weighted by molar-refractivity contribution is 5.99. The first-order valence-electron chi connectivity index (χ1n) is 6.92. The van der Waals surface area contributed by atoms with Gasteiger partial charge in [0.05, 0.1) is 6.42 Å². The van der Waals surface area contributed by atoms with Gasteiger partial charge in [-0.15, -0.1) is 0 Å². The van der Waals surface area contributed by atoms with Gasteiger partial charge in [0.2, 0.25) is 5.91 Å². The molecule has 0 aromatic heterocycles. The first kappa shape index (κ1) is 11.5. The summed E-state index contributed by atoms with van der Waals surface area (Å²) < 4.78 is 0. The van der Waals surface area contributed by atoms with E-state index in [1.54, 1.807) is 0 Å². The first-order valence-corrected chi connectivity index (χ1v) is 6.92. The van der Waals surface area contributed by atoms with Gasteiger partial charge in [0.1, 0.15) is 0 Å². The van der Waals surface area contributed by atoms with E-state index in [2.05, 4.69) is 29.6 Å². The summed E-state index contributed by atoms with van der Waals surface area (Å²) in [7, 11) is 0. The minimum Gasteiger partial charge on any atom is -0.326 e. The fourth-order valence-electron chi connectivity index (χ4n) is 2.93. The highest BCUT2D eigenvalue weighted by Crippen LogP contribution is 2.27. The minimum absolute atomic E-state index is 0.110. The summed E-state index contributed by atoms with van der Waals surface area (Å²) in [5.74, 6) is 0.866. The lowest BCUT2D eigenvalue weighted by atomic mass is 9.88. The Labute approximate surface area is 108 Å². The molecule has 94 valence electrons. The van der Waals surface area contributed by atoms with E-state index in [1.807, 2.05) is 6.07 Å². The average Bonchev–Trinajstić information content (AvgIpc) is 2.77. The molecule has 0 unspecified atom stereocenters. The van der Waals surface area contributed by atoms with E-state index in [4.69, 9.17) is 0 Å². The normalized spacial score (nSPS) is 20.1. The molecule has 1 aromatic rings. The molecule has 2 aliphatic rings. The van der Waals surface area contributed by atoms with Gasteiger partial charge in [0.25, 0.3) is 0 Å². The van der Waals surface area contributed by atoms with Gasteiger partial charge in [0.15, 0.2) is 0 Å². The van der Waals surface area contributed by atoms with Crippen molar-refractivity contribution < 1.29 is 4.79 Å². The SMILES string of the molecule is O=C1Cc2cc(C=CC3CCCCC3)ccc2N1. The summed E-state index contributed by atoms with van der Waals surface area (Å²) in [4.78, 5) is 11.3. The van der Waals surface area contributed by atoms with Crippen LogP contribution in [0.4, 0.5) is 5.69 Å². The molecule has 1 N–H and O–H groups in total. The molecule has 1 aromatic carbocycles. The molecule has 2 nitrogen and oxygen atoms in total. The molecule has 2 heteroatoms. The van der Waals surface area contributed by atoms with E-state index in [0.717, 1.165) is 17.2 Å². The van der Waals surface area contributed by atoms with Crippen molar-refractivity contribution >= 4 is 17.7 Å². The average molecular weight is 241 g/mol. The monoisotopic (exact) mass is 241 g/mol. The van der Waals surface area contributed by atoms with Crippen LogP contribution >= 0.6 is 0 Å². The van der Waals surface area contributed by atoms with Gasteiger partial charge < -0.3 is 5.32 Å². The predicted octanol–water partition coefficient (Wildman–Crippen LogP) is 3.77. The van der Waals surface area contributed by atoms with Crippen molar-refractivity contribution in [1.29, 1.82) is 0 Å². The molecule has 0 spiro atoms. The second-order valence-corrected chi connectivity index (χ2v) is 5.40. The van der Waals surface area contributed by atoms with E-state index in [-0.39, 0.29) is 5.91 Å². The van der Waals surface area contributed by atoms with E-state index in [0.29, 0.717) is 6.42 Å². The zero-order valence-corrected chi connectivity index (χ0v) is 10.6. The number of nitrogens with one attached hydrogen (secondary N) is 1. The Balaban J connectivity index is 1.71. The molecule has 3 rings (SSSR count). The molecule has 0 saturated heterocycles. The molecule has 0 atom stereocenters. The first-order chi connectivity index (χ1) is 8.81. The Kier molecular flexibility index (Phi) is 3.18. The van der Waals surface area contributed by atoms with Gasteiger partial charge in [-0.25, -0.2) is 0 Å². The third-order valence-corrected chi connectivity index (χ3v) is 3.97. The standard InChI is InChI=1S/C16H19NO/c18-16-11-14-10-13(8-9-15(14)17-16)7-6-12-4-2-1-3-5-12/h6-10,12H,1-5,11H2,(H,17,18). The Morgan fingerprint density at radius 3 is 2.83 bits per heavy atom. The lowest BCUT2D eigenvalue weighted by Crippen LogP contribution is -2.03. The summed E-state index contributed by atoms with van der Waals surface area (Å²) >= 11 is 0. The zero-order valence-electron chi connectivity index (χ0n) is 10.6. The van der Waals surface area contributed by atoms with Crippen LogP contribution in [0.3, 0.4) is 0 Å². The van der Waals surface area contributed by atoms with E-state index in [1.165, 1.54) is 37.7 Å². The predicted molar refractivity (Wildman–Crippen MR) is 74.4 cm³/mol. The molecule has 0 radical (unpaired) electrons. The lowest BCUT2D eigenvalue weighted by molar-refractivity contribution is -0.115. The van der Waals surface area contributed by atoms with Gasteiger partial charge >= 0.3 is 0 Å². The quantitative estimate of drug-likeness (QED) is 0.839. The van der Waals surface area contributed by atoms with Gasteiger partial charge in [0, 0.05) is 5.69 Å². The summed E-state index contributed by atoms with van der Waals surface area (Å²) in [6, 6.07) is 6.23. The molecule has 1 aliphatic carbocycles. The van der Waals surface area contributed by atoms with Crippen LogP contribution in [0.2, 0.25) is 0 Å². The van der Waals surface area contributed by atoms with Crippen LogP contribution in [0.25, 0.3) is 6.08 Å². The lowest BCUT2D eigenvalue weighted by Gasteiger charge is -2.17. The number of carbonyl (C=O) groups is 1. The van der Waals surface area contributed by atoms with Crippen LogP contribution in [0.5, 0.6) is 0 Å². The molecule has 1 fully saturated rings. The van der Waals surface area contributed by atoms with Crippen LogP contribution < -0.4 is 5.32 Å². The molecule has 1 heterocycles. The number of rotatable bonds is 2. The van der Waals surface area contributed by atoms with Crippen LogP contribution in [0.15, 0.2) is 24.3 Å². The number of benzene rings is 1. The van der Waals surface area contributed by atoms with Crippen LogP contribution in [0, 0.1) is 5.92 Å². The fraction of sp³-hybridized carbons (Fsp3) is 0.438. The molecule has 18 heavy (non-hydrogen) atoms. The summed E-state index contributed by atoms with van der Waals surface area (Å²) in [5, 5.41) is 2.87. The number of hydrogen-bond acceptors (Lipinski definition) is 1. The van der Waals surface area contributed by atoms with E-state index < -0.39 is 0 Å². The van der Waals surface area contributed by atoms with Crippen molar-refractivity contribution in [2.24, 2.45) is 5.92 Å². The minimum atomic E-state index is 0.110. The van der Waals surface area contributed by atoms with Crippen molar-refractivity contribution in [3.63, 3.8) is 0 Å². The summed E-state index contributed by atoms with van der Waals surface area (Å²) in [6.07, 6.45) is 11.9. The number of anilines is 1. The number of hydrogen-bond donors (Lipinski definition) is 1. The summed E-state index contributed by atoms with van der Waals surface area (Å²) in [6.45, 7) is 0. The van der Waals surface area contributed by atoms with Crippen molar-refractivity contribution in [1.82, 2.24) is 0 Å². The Hall–Kier alpha value is -1.57. The Morgan fingerprint density at radius 1 is 1.17 bits per heavy atom. The maximum absolute atomic E-state index is 11.3. The maximum Gasteiger partial charge on any atom is 0.228 e.